The first kappa shape index (κ1) is 16.9. The van der Waals surface area contributed by atoms with E-state index in [-0.39, 0.29) is 17.6 Å². The molecule has 114 valence electrons. The van der Waals surface area contributed by atoms with Crippen molar-refractivity contribution >= 4 is 10.0 Å². The van der Waals surface area contributed by atoms with Gasteiger partial charge in [0, 0.05) is 0 Å². The average molecular weight is 301 g/mol. The highest BCUT2D eigenvalue weighted by Gasteiger charge is 2.19. The predicted octanol–water partition coefficient (Wildman–Crippen LogP) is 1.64. The average Bonchev–Trinajstić information content (AvgIpc) is 2.36. The van der Waals surface area contributed by atoms with Crippen LogP contribution in [0.5, 0.6) is 5.75 Å². The van der Waals surface area contributed by atoms with Gasteiger partial charge in [0.05, 0.1) is 19.0 Å². The molecule has 1 rings (SSSR count). The van der Waals surface area contributed by atoms with E-state index in [1.54, 1.807) is 0 Å². The molecule has 0 aliphatic carbocycles. The number of sulfonamides is 1. The Morgan fingerprint density at radius 1 is 1.15 bits per heavy atom. The Morgan fingerprint density at radius 2 is 1.80 bits per heavy atom. The highest BCUT2D eigenvalue weighted by molar-refractivity contribution is 7.89. The van der Waals surface area contributed by atoms with Crippen LogP contribution < -0.4 is 9.88 Å². The number of rotatable bonds is 9. The Kier molecular flexibility index (Phi) is 6.98. The van der Waals surface area contributed by atoms with Crippen molar-refractivity contribution in [3.8, 4) is 5.75 Å². The van der Waals surface area contributed by atoms with E-state index in [9.17, 15) is 8.42 Å². The number of hydrogen-bond donors (Lipinski definition) is 1. The lowest BCUT2D eigenvalue weighted by Gasteiger charge is -2.19. The molecule has 20 heavy (non-hydrogen) atoms. The van der Waals surface area contributed by atoms with E-state index in [0.717, 1.165) is 5.75 Å². The first-order valence-electron chi connectivity index (χ1n) is 6.64. The van der Waals surface area contributed by atoms with Crippen LogP contribution in [-0.4, -0.2) is 34.0 Å². The van der Waals surface area contributed by atoms with Crippen LogP contribution in [0.3, 0.4) is 0 Å². The Hall–Kier alpha value is -1.11. The van der Waals surface area contributed by atoms with Gasteiger partial charge in [-0.15, -0.1) is 0 Å². The molecule has 0 aromatic heterocycles. The van der Waals surface area contributed by atoms with Gasteiger partial charge in [-0.1, -0.05) is 32.0 Å². The summed E-state index contributed by atoms with van der Waals surface area (Å²) in [6, 6.07) is 9.47. The minimum absolute atomic E-state index is 0.0514. The summed E-state index contributed by atoms with van der Waals surface area (Å²) in [4.78, 5) is 0. The second-order valence-electron chi connectivity index (χ2n) is 5.07. The van der Waals surface area contributed by atoms with Crippen molar-refractivity contribution in [2.75, 3.05) is 25.6 Å². The predicted molar refractivity (Wildman–Crippen MR) is 79.1 cm³/mol. The monoisotopic (exact) mass is 301 g/mol. The summed E-state index contributed by atoms with van der Waals surface area (Å²) in [7, 11) is -3.47. The lowest BCUT2D eigenvalue weighted by Crippen LogP contribution is -2.29. The lowest BCUT2D eigenvalue weighted by molar-refractivity contribution is 0.0676. The molecule has 0 heterocycles. The van der Waals surface area contributed by atoms with E-state index < -0.39 is 10.0 Å². The zero-order chi connectivity index (χ0) is 15.0. The zero-order valence-electron chi connectivity index (χ0n) is 12.0. The van der Waals surface area contributed by atoms with E-state index in [0.29, 0.717) is 19.8 Å². The Bertz CT molecular complexity index is 473. The molecule has 0 aliphatic rings. The third-order valence-corrected chi connectivity index (χ3v) is 3.85. The lowest BCUT2D eigenvalue weighted by atomic mass is 9.99. The molecule has 1 atom stereocenters. The Labute approximate surface area is 121 Å². The third-order valence-electron chi connectivity index (χ3n) is 2.96. The second kappa shape index (κ2) is 8.24. The molecule has 0 fully saturated rings. The molecule has 2 N–H and O–H groups in total. The van der Waals surface area contributed by atoms with Crippen LogP contribution in [0.4, 0.5) is 0 Å². The summed E-state index contributed by atoms with van der Waals surface area (Å²) in [5, 5.41) is 5.07. The quantitative estimate of drug-likeness (QED) is 0.703. The molecule has 5 nitrogen and oxygen atoms in total. The van der Waals surface area contributed by atoms with E-state index in [2.05, 4.69) is 0 Å². The molecule has 0 amide bonds. The van der Waals surface area contributed by atoms with Crippen LogP contribution in [-0.2, 0) is 14.8 Å². The fourth-order valence-corrected chi connectivity index (χ4v) is 2.78. The van der Waals surface area contributed by atoms with Gasteiger partial charge in [0.25, 0.3) is 0 Å². The van der Waals surface area contributed by atoms with Gasteiger partial charge in [-0.25, -0.2) is 13.6 Å². The molecule has 0 saturated carbocycles. The summed E-state index contributed by atoms with van der Waals surface area (Å²) in [5.74, 6) is 0.843. The van der Waals surface area contributed by atoms with Crippen molar-refractivity contribution < 1.29 is 17.9 Å². The van der Waals surface area contributed by atoms with Crippen LogP contribution in [0, 0.1) is 11.8 Å². The van der Waals surface area contributed by atoms with Gasteiger partial charge in [-0.05, 0) is 24.0 Å². The maximum Gasteiger partial charge on any atom is 0.209 e. The molecule has 0 spiro atoms. The van der Waals surface area contributed by atoms with Crippen LogP contribution in [0.2, 0.25) is 0 Å². The van der Waals surface area contributed by atoms with Crippen molar-refractivity contribution in [3.63, 3.8) is 0 Å². The summed E-state index contributed by atoms with van der Waals surface area (Å²) in [6.45, 7) is 5.14. The highest BCUT2D eigenvalue weighted by atomic mass is 32.2. The van der Waals surface area contributed by atoms with Crippen molar-refractivity contribution in [1.29, 1.82) is 0 Å². The smallest absolute Gasteiger partial charge is 0.209 e. The maximum absolute atomic E-state index is 11.1. The maximum atomic E-state index is 11.1. The van der Waals surface area contributed by atoms with Crippen molar-refractivity contribution in [2.45, 2.75) is 13.8 Å². The molecular formula is C14H23NO4S. The second-order valence-corrected chi connectivity index (χ2v) is 6.73. The summed E-state index contributed by atoms with van der Waals surface area (Å²) < 4.78 is 33.2. The van der Waals surface area contributed by atoms with Gasteiger partial charge in [0.15, 0.2) is 0 Å². The molecule has 6 heteroatoms. The van der Waals surface area contributed by atoms with Crippen molar-refractivity contribution in [3.05, 3.63) is 30.3 Å². The fraction of sp³-hybridized carbons (Fsp3) is 0.571. The van der Waals surface area contributed by atoms with Crippen molar-refractivity contribution in [2.24, 2.45) is 17.0 Å². The topological polar surface area (TPSA) is 78.6 Å². The molecule has 0 bridgehead atoms. The minimum atomic E-state index is -3.47. The molecule has 0 radical (unpaired) electrons. The Morgan fingerprint density at radius 3 is 2.35 bits per heavy atom. The summed E-state index contributed by atoms with van der Waals surface area (Å²) in [6.07, 6.45) is 0. The van der Waals surface area contributed by atoms with Gasteiger partial charge < -0.3 is 9.47 Å². The van der Waals surface area contributed by atoms with Crippen molar-refractivity contribution in [1.82, 2.24) is 0 Å². The van der Waals surface area contributed by atoms with E-state index in [1.165, 1.54) is 0 Å². The molecule has 0 saturated heterocycles. The zero-order valence-corrected chi connectivity index (χ0v) is 12.8. The normalized spacial score (nSPS) is 13.4. The first-order valence-corrected chi connectivity index (χ1v) is 8.36. The molecule has 1 aromatic rings. The fourth-order valence-electron chi connectivity index (χ4n) is 1.70. The Balaban J connectivity index is 2.24. The largest absolute Gasteiger partial charge is 0.491 e. The number of primary sulfonamides is 1. The van der Waals surface area contributed by atoms with Crippen LogP contribution in [0.25, 0.3) is 0 Å². The minimum Gasteiger partial charge on any atom is -0.491 e. The summed E-state index contributed by atoms with van der Waals surface area (Å²) >= 11 is 0. The van der Waals surface area contributed by atoms with E-state index >= 15 is 0 Å². The number of nitrogens with two attached hydrogens (primary N) is 1. The molecule has 1 aromatic carbocycles. The van der Waals surface area contributed by atoms with Crippen LogP contribution in [0.1, 0.15) is 13.8 Å². The van der Waals surface area contributed by atoms with Gasteiger partial charge >= 0.3 is 0 Å². The van der Waals surface area contributed by atoms with Gasteiger partial charge in [-0.3, -0.25) is 0 Å². The first-order chi connectivity index (χ1) is 9.38. The van der Waals surface area contributed by atoms with Gasteiger partial charge in [0.2, 0.25) is 10.0 Å². The number of para-hydroxylation sites is 1. The number of hydrogen-bond acceptors (Lipinski definition) is 4. The summed E-state index contributed by atoms with van der Waals surface area (Å²) in [5.41, 5.74) is 0. The van der Waals surface area contributed by atoms with Gasteiger partial charge in [0.1, 0.15) is 12.4 Å². The molecule has 0 aliphatic heterocycles. The number of benzene rings is 1. The van der Waals surface area contributed by atoms with E-state index in [4.69, 9.17) is 14.6 Å². The molecular weight excluding hydrogens is 278 g/mol. The third kappa shape index (κ3) is 7.47. The van der Waals surface area contributed by atoms with E-state index in [1.807, 2.05) is 44.2 Å². The molecule has 1 unspecified atom stereocenters. The van der Waals surface area contributed by atoms with Crippen LogP contribution >= 0.6 is 0 Å². The van der Waals surface area contributed by atoms with Crippen LogP contribution in [0.15, 0.2) is 30.3 Å². The SMILES string of the molecule is CC(C)C(COCCOc1ccccc1)CS(N)(=O)=O. The number of ether oxygens (including phenoxy) is 2. The highest BCUT2D eigenvalue weighted by Crippen LogP contribution is 2.13. The standard InChI is InChI=1S/C14H23NO4S/c1-12(2)13(11-20(15,16)17)10-18-8-9-19-14-6-4-3-5-7-14/h3-7,12-13H,8-11H2,1-2H3,(H2,15,16,17). The van der Waals surface area contributed by atoms with Gasteiger partial charge in [-0.2, -0.15) is 0 Å².